The molecular formula is C21H23N5O. The standard InChI is InChI=1S/C21H23N5O/c1-25(2)17-7-5-6-16(14-17)15-10-12-26(13-11-15)21(27)22-20-18-8-3-4-9-19(18)23-24-20/h3-10,14H,11-13H2,1-2H3,(H2,22,23,24,27). The number of nitrogens with one attached hydrogen (secondary N) is 2. The van der Waals surface area contributed by atoms with Gasteiger partial charge in [0.1, 0.15) is 0 Å². The van der Waals surface area contributed by atoms with Gasteiger partial charge in [-0.1, -0.05) is 30.3 Å². The molecule has 138 valence electrons. The van der Waals surface area contributed by atoms with Crippen molar-refractivity contribution in [3.05, 3.63) is 60.2 Å². The Hall–Kier alpha value is -3.28. The lowest BCUT2D eigenvalue weighted by Crippen LogP contribution is -2.38. The fraction of sp³-hybridized carbons (Fsp3) is 0.238. The van der Waals surface area contributed by atoms with Gasteiger partial charge in [0.15, 0.2) is 5.82 Å². The summed E-state index contributed by atoms with van der Waals surface area (Å²) in [4.78, 5) is 16.5. The molecule has 2 N–H and O–H groups in total. The Bertz CT molecular complexity index is 1000. The van der Waals surface area contributed by atoms with Crippen LogP contribution in [0.25, 0.3) is 16.5 Å². The van der Waals surface area contributed by atoms with Crippen LogP contribution in [0.5, 0.6) is 0 Å². The maximum atomic E-state index is 12.6. The normalized spacial score (nSPS) is 14.1. The van der Waals surface area contributed by atoms with Gasteiger partial charge in [0.25, 0.3) is 0 Å². The first-order valence-corrected chi connectivity index (χ1v) is 9.07. The zero-order valence-corrected chi connectivity index (χ0v) is 15.6. The molecule has 0 atom stereocenters. The Kier molecular flexibility index (Phi) is 4.54. The summed E-state index contributed by atoms with van der Waals surface area (Å²) in [5.41, 5.74) is 4.60. The van der Waals surface area contributed by atoms with Gasteiger partial charge in [-0.3, -0.25) is 10.4 Å². The van der Waals surface area contributed by atoms with Crippen molar-refractivity contribution >= 4 is 34.0 Å². The van der Waals surface area contributed by atoms with Crippen LogP contribution < -0.4 is 10.2 Å². The van der Waals surface area contributed by atoms with Gasteiger partial charge in [-0.05, 0) is 41.8 Å². The molecule has 0 radical (unpaired) electrons. The van der Waals surface area contributed by atoms with Crippen molar-refractivity contribution in [2.24, 2.45) is 0 Å². The molecule has 0 unspecified atom stereocenters. The molecule has 2 heterocycles. The van der Waals surface area contributed by atoms with E-state index in [2.05, 4.69) is 50.8 Å². The fourth-order valence-electron chi connectivity index (χ4n) is 3.34. The van der Waals surface area contributed by atoms with Gasteiger partial charge in [0, 0.05) is 38.3 Å². The van der Waals surface area contributed by atoms with E-state index >= 15 is 0 Å². The molecule has 0 spiro atoms. The average Bonchev–Trinajstić information content (AvgIpc) is 3.11. The highest BCUT2D eigenvalue weighted by Crippen LogP contribution is 2.26. The van der Waals surface area contributed by atoms with Crippen LogP contribution >= 0.6 is 0 Å². The number of hydrogen-bond acceptors (Lipinski definition) is 3. The number of aromatic nitrogens is 2. The van der Waals surface area contributed by atoms with E-state index in [0.717, 1.165) is 17.3 Å². The molecule has 0 saturated heterocycles. The van der Waals surface area contributed by atoms with Crippen molar-refractivity contribution in [3.8, 4) is 0 Å². The highest BCUT2D eigenvalue weighted by molar-refractivity contribution is 5.99. The van der Waals surface area contributed by atoms with Gasteiger partial charge in [-0.15, -0.1) is 0 Å². The Morgan fingerprint density at radius 3 is 2.81 bits per heavy atom. The maximum Gasteiger partial charge on any atom is 0.323 e. The van der Waals surface area contributed by atoms with Crippen molar-refractivity contribution in [2.75, 3.05) is 37.4 Å². The number of carbonyl (C=O) groups excluding carboxylic acids is 1. The number of fused-ring (bicyclic) bond motifs is 1. The molecule has 2 aromatic carbocycles. The highest BCUT2D eigenvalue weighted by atomic mass is 16.2. The number of amides is 2. The summed E-state index contributed by atoms with van der Waals surface area (Å²) in [7, 11) is 4.08. The van der Waals surface area contributed by atoms with Crippen molar-refractivity contribution in [1.29, 1.82) is 0 Å². The van der Waals surface area contributed by atoms with Crippen molar-refractivity contribution in [1.82, 2.24) is 15.1 Å². The highest BCUT2D eigenvalue weighted by Gasteiger charge is 2.19. The molecule has 3 aromatic rings. The maximum absolute atomic E-state index is 12.6. The van der Waals surface area contributed by atoms with E-state index in [0.29, 0.717) is 18.9 Å². The minimum atomic E-state index is -0.121. The quantitative estimate of drug-likeness (QED) is 0.742. The second-order valence-corrected chi connectivity index (χ2v) is 6.92. The van der Waals surface area contributed by atoms with Gasteiger partial charge in [0.05, 0.1) is 5.52 Å². The van der Waals surface area contributed by atoms with E-state index in [1.807, 2.05) is 43.3 Å². The number of carbonyl (C=O) groups is 1. The molecule has 0 saturated carbocycles. The Morgan fingerprint density at radius 2 is 2.04 bits per heavy atom. The lowest BCUT2D eigenvalue weighted by Gasteiger charge is -2.27. The summed E-state index contributed by atoms with van der Waals surface area (Å²) in [5, 5.41) is 11.0. The third-order valence-electron chi connectivity index (χ3n) is 4.93. The van der Waals surface area contributed by atoms with Gasteiger partial charge >= 0.3 is 6.03 Å². The van der Waals surface area contributed by atoms with E-state index < -0.39 is 0 Å². The number of benzene rings is 2. The van der Waals surface area contributed by atoms with Crippen LogP contribution in [0.4, 0.5) is 16.3 Å². The number of para-hydroxylation sites is 1. The molecule has 2 amide bonds. The van der Waals surface area contributed by atoms with Crippen molar-refractivity contribution in [3.63, 3.8) is 0 Å². The van der Waals surface area contributed by atoms with Gasteiger partial charge in [-0.2, -0.15) is 5.10 Å². The van der Waals surface area contributed by atoms with Crippen LogP contribution in [0, 0.1) is 0 Å². The first-order chi connectivity index (χ1) is 13.1. The van der Waals surface area contributed by atoms with E-state index in [1.54, 1.807) is 0 Å². The molecule has 27 heavy (non-hydrogen) atoms. The fourth-order valence-corrected chi connectivity index (χ4v) is 3.34. The predicted octanol–water partition coefficient (Wildman–Crippen LogP) is 3.95. The van der Waals surface area contributed by atoms with E-state index in [4.69, 9.17) is 0 Å². The number of rotatable bonds is 3. The molecule has 0 aliphatic carbocycles. The molecule has 1 aliphatic rings. The number of aromatic amines is 1. The predicted molar refractivity (Wildman–Crippen MR) is 110 cm³/mol. The number of nitrogens with zero attached hydrogens (tertiary/aromatic N) is 3. The molecule has 4 rings (SSSR count). The summed E-state index contributed by atoms with van der Waals surface area (Å²) in [6.07, 6.45) is 2.98. The van der Waals surface area contributed by atoms with E-state index in [9.17, 15) is 4.79 Å². The number of hydrogen-bond donors (Lipinski definition) is 2. The molecule has 1 aromatic heterocycles. The lowest BCUT2D eigenvalue weighted by atomic mass is 9.99. The van der Waals surface area contributed by atoms with Gasteiger partial charge in [-0.25, -0.2) is 4.79 Å². The second-order valence-electron chi connectivity index (χ2n) is 6.92. The zero-order chi connectivity index (χ0) is 18.8. The molecule has 0 bridgehead atoms. The molecule has 6 heteroatoms. The van der Waals surface area contributed by atoms with Crippen LogP contribution in [0.1, 0.15) is 12.0 Å². The molecule has 1 aliphatic heterocycles. The van der Waals surface area contributed by atoms with Gasteiger partial charge < -0.3 is 9.80 Å². The monoisotopic (exact) mass is 361 g/mol. The summed E-state index contributed by atoms with van der Waals surface area (Å²) in [5.74, 6) is 0.573. The minimum absolute atomic E-state index is 0.121. The summed E-state index contributed by atoms with van der Waals surface area (Å²) >= 11 is 0. The summed E-state index contributed by atoms with van der Waals surface area (Å²) in [6.45, 7) is 1.28. The number of urea groups is 1. The Morgan fingerprint density at radius 1 is 1.19 bits per heavy atom. The zero-order valence-electron chi connectivity index (χ0n) is 15.6. The summed E-state index contributed by atoms with van der Waals surface area (Å²) in [6, 6.07) is 16.1. The van der Waals surface area contributed by atoms with E-state index in [-0.39, 0.29) is 6.03 Å². The topological polar surface area (TPSA) is 64.3 Å². The smallest absolute Gasteiger partial charge is 0.323 e. The van der Waals surface area contributed by atoms with Crippen molar-refractivity contribution < 1.29 is 4.79 Å². The first kappa shape index (κ1) is 17.1. The first-order valence-electron chi connectivity index (χ1n) is 9.07. The minimum Gasteiger partial charge on any atom is -0.378 e. The average molecular weight is 361 g/mol. The van der Waals surface area contributed by atoms with Crippen LogP contribution in [0.3, 0.4) is 0 Å². The SMILES string of the molecule is CN(C)c1cccc(C2=CCN(C(=O)Nc3n[nH]c4ccccc34)CC2)c1. The van der Waals surface area contributed by atoms with Crippen LogP contribution in [0.15, 0.2) is 54.6 Å². The van der Waals surface area contributed by atoms with Crippen LogP contribution in [0.2, 0.25) is 0 Å². The third-order valence-corrected chi connectivity index (χ3v) is 4.93. The molecular weight excluding hydrogens is 338 g/mol. The number of anilines is 2. The Labute approximate surface area is 158 Å². The van der Waals surface area contributed by atoms with Crippen LogP contribution in [-0.2, 0) is 0 Å². The van der Waals surface area contributed by atoms with E-state index in [1.165, 1.54) is 16.8 Å². The molecule has 6 nitrogen and oxygen atoms in total. The number of H-pyrrole nitrogens is 1. The lowest BCUT2D eigenvalue weighted by molar-refractivity contribution is 0.217. The molecule has 0 fully saturated rings. The van der Waals surface area contributed by atoms with Crippen molar-refractivity contribution in [2.45, 2.75) is 6.42 Å². The van der Waals surface area contributed by atoms with Gasteiger partial charge in [0.2, 0.25) is 0 Å². The second kappa shape index (κ2) is 7.15. The Balaban J connectivity index is 1.45. The summed E-state index contributed by atoms with van der Waals surface area (Å²) < 4.78 is 0. The third kappa shape index (κ3) is 3.51. The largest absolute Gasteiger partial charge is 0.378 e. The van der Waals surface area contributed by atoms with Crippen LogP contribution in [-0.4, -0.2) is 48.3 Å².